The number of nitrogens with zero attached hydrogens (tertiary/aromatic N) is 1. The lowest BCUT2D eigenvalue weighted by Crippen LogP contribution is -2.39. The number of nitrogens with one attached hydrogen (secondary N) is 2. The highest BCUT2D eigenvalue weighted by Gasteiger charge is 2.39. The van der Waals surface area contributed by atoms with Gasteiger partial charge in [-0.1, -0.05) is 19.4 Å². The fraction of sp³-hybridized carbons (Fsp3) is 0.500. The van der Waals surface area contributed by atoms with Crippen LogP contribution in [0.4, 0.5) is 5.69 Å². The second kappa shape index (κ2) is 5.48. The molecule has 1 aromatic rings. The normalized spacial score (nSPS) is 29.3. The van der Waals surface area contributed by atoms with Crippen LogP contribution in [0.2, 0.25) is 0 Å². The monoisotopic (exact) mass is 311 g/mol. The van der Waals surface area contributed by atoms with E-state index in [1.807, 2.05) is 12.1 Å². The minimum Gasteiger partial charge on any atom is -0.326 e. The van der Waals surface area contributed by atoms with Gasteiger partial charge in [0.25, 0.3) is 0 Å². The van der Waals surface area contributed by atoms with Crippen molar-refractivity contribution in [2.75, 3.05) is 5.32 Å². The van der Waals surface area contributed by atoms with Crippen molar-refractivity contribution in [2.45, 2.75) is 44.9 Å². The number of carbonyl (C=O) groups excluding carboxylic acids is 2. The van der Waals surface area contributed by atoms with E-state index in [2.05, 4.69) is 28.8 Å². The van der Waals surface area contributed by atoms with Gasteiger partial charge in [0.2, 0.25) is 11.8 Å². The lowest BCUT2D eigenvalue weighted by Gasteiger charge is -2.28. The molecule has 0 radical (unpaired) electrons. The van der Waals surface area contributed by atoms with Gasteiger partial charge in [0, 0.05) is 23.9 Å². The number of hydrogen-bond donors (Lipinski definition) is 2. The molecular weight excluding hydrogens is 290 g/mol. The molecule has 3 aliphatic rings. The van der Waals surface area contributed by atoms with Crippen molar-refractivity contribution in [2.24, 2.45) is 16.9 Å². The summed E-state index contributed by atoms with van der Waals surface area (Å²) in [5.74, 6) is 0.722. The third kappa shape index (κ3) is 2.35. The number of anilines is 1. The summed E-state index contributed by atoms with van der Waals surface area (Å²) < 4.78 is 0. The van der Waals surface area contributed by atoms with Crippen LogP contribution in [-0.2, 0) is 9.59 Å². The Bertz CT molecular complexity index is 710. The Kier molecular flexibility index (Phi) is 3.43. The Hall–Kier alpha value is -2.17. The summed E-state index contributed by atoms with van der Waals surface area (Å²) in [6.45, 7) is 2.12. The molecule has 1 aliphatic carbocycles. The van der Waals surface area contributed by atoms with Gasteiger partial charge >= 0.3 is 0 Å². The van der Waals surface area contributed by atoms with Crippen molar-refractivity contribution < 1.29 is 9.59 Å². The lowest BCUT2D eigenvalue weighted by molar-refractivity contribution is -0.126. The molecule has 2 aliphatic heterocycles. The Morgan fingerprint density at radius 2 is 2.04 bits per heavy atom. The first-order chi connectivity index (χ1) is 11.2. The molecule has 2 amide bonds. The van der Waals surface area contributed by atoms with Gasteiger partial charge in [0.05, 0.1) is 5.71 Å². The largest absolute Gasteiger partial charge is 0.326 e. The average Bonchev–Trinajstić information content (AvgIpc) is 3.04. The maximum absolute atomic E-state index is 12.0. The zero-order chi connectivity index (χ0) is 16.0. The number of fused-ring (bicyclic) bond motifs is 2. The molecule has 3 unspecified atom stereocenters. The van der Waals surface area contributed by atoms with Crippen LogP contribution in [0.5, 0.6) is 0 Å². The van der Waals surface area contributed by atoms with Crippen LogP contribution in [0.15, 0.2) is 23.3 Å². The third-order valence-electron chi connectivity index (χ3n) is 5.48. The van der Waals surface area contributed by atoms with E-state index in [4.69, 9.17) is 0 Å². The smallest absolute Gasteiger partial charge is 0.243 e. The van der Waals surface area contributed by atoms with Gasteiger partial charge in [-0.3, -0.25) is 9.59 Å². The second-order valence-corrected chi connectivity index (χ2v) is 6.78. The summed E-state index contributed by atoms with van der Waals surface area (Å²) in [5, 5.41) is 7.33. The van der Waals surface area contributed by atoms with Gasteiger partial charge in [-0.2, -0.15) is 5.10 Å². The third-order valence-corrected chi connectivity index (χ3v) is 5.48. The Labute approximate surface area is 135 Å². The topological polar surface area (TPSA) is 70.6 Å². The zero-order valence-electron chi connectivity index (χ0n) is 13.3. The van der Waals surface area contributed by atoms with Crippen LogP contribution in [-0.4, -0.2) is 17.5 Å². The molecule has 0 saturated heterocycles. The van der Waals surface area contributed by atoms with Crippen molar-refractivity contribution in [1.29, 1.82) is 0 Å². The number of hydrogen-bond acceptors (Lipinski definition) is 3. The average molecular weight is 311 g/mol. The molecule has 2 N–H and O–H groups in total. The van der Waals surface area contributed by atoms with Gasteiger partial charge in [-0.05, 0) is 48.4 Å². The van der Waals surface area contributed by atoms with Crippen LogP contribution in [0.25, 0.3) is 0 Å². The van der Waals surface area contributed by atoms with Crippen LogP contribution < -0.4 is 10.7 Å². The van der Waals surface area contributed by atoms with E-state index >= 15 is 0 Å². The Morgan fingerprint density at radius 3 is 2.87 bits per heavy atom. The van der Waals surface area contributed by atoms with Crippen molar-refractivity contribution >= 4 is 23.2 Å². The summed E-state index contributed by atoms with van der Waals surface area (Å²) in [6.07, 6.45) is 4.55. The van der Waals surface area contributed by atoms with Crippen molar-refractivity contribution in [3.8, 4) is 0 Å². The van der Waals surface area contributed by atoms with E-state index in [0.717, 1.165) is 42.6 Å². The molecule has 1 fully saturated rings. The lowest BCUT2D eigenvalue weighted by atomic mass is 9.82. The molecule has 1 aromatic carbocycles. The van der Waals surface area contributed by atoms with Gasteiger partial charge in [-0.25, -0.2) is 5.43 Å². The van der Waals surface area contributed by atoms with Crippen molar-refractivity contribution in [3.63, 3.8) is 0 Å². The molecule has 2 heterocycles. The fourth-order valence-corrected chi connectivity index (χ4v) is 4.23. The predicted octanol–water partition coefficient (Wildman–Crippen LogP) is 2.77. The highest BCUT2D eigenvalue weighted by atomic mass is 16.2. The molecule has 0 spiro atoms. The number of amides is 2. The van der Waals surface area contributed by atoms with Crippen LogP contribution in [0.1, 0.15) is 56.1 Å². The minimum absolute atomic E-state index is 0.0629. The first-order valence-corrected chi connectivity index (χ1v) is 8.49. The zero-order valence-corrected chi connectivity index (χ0v) is 13.3. The van der Waals surface area contributed by atoms with E-state index in [0.29, 0.717) is 6.42 Å². The number of rotatable bonds is 2. The Balaban J connectivity index is 1.73. The quantitative estimate of drug-likeness (QED) is 0.881. The van der Waals surface area contributed by atoms with Gasteiger partial charge in [0.15, 0.2) is 0 Å². The number of benzene rings is 1. The highest BCUT2D eigenvalue weighted by molar-refractivity contribution is 6.07. The molecule has 3 atom stereocenters. The van der Waals surface area contributed by atoms with Gasteiger partial charge in [-0.15, -0.1) is 0 Å². The van der Waals surface area contributed by atoms with Gasteiger partial charge in [0.1, 0.15) is 0 Å². The summed E-state index contributed by atoms with van der Waals surface area (Å²) >= 11 is 0. The van der Waals surface area contributed by atoms with E-state index in [-0.39, 0.29) is 29.6 Å². The van der Waals surface area contributed by atoms with E-state index in [9.17, 15) is 9.59 Å². The summed E-state index contributed by atoms with van der Waals surface area (Å²) in [5.41, 5.74) is 6.88. The Morgan fingerprint density at radius 1 is 1.22 bits per heavy atom. The standard InChI is InChI=1S/C18H21N3O2/c1-2-10-9-16(22)19-15-7-6-11(8-14(10)15)17-12-4-3-5-13(12)18(23)21-20-17/h6-8,10,12-13H,2-5,9H2,1H3,(H,19,22)(H,21,23). The predicted molar refractivity (Wildman–Crippen MR) is 88.2 cm³/mol. The van der Waals surface area contributed by atoms with Crippen LogP contribution in [0, 0.1) is 11.8 Å². The first kappa shape index (κ1) is 14.4. The second-order valence-electron chi connectivity index (χ2n) is 6.78. The molecule has 1 saturated carbocycles. The summed E-state index contributed by atoms with van der Waals surface area (Å²) in [4.78, 5) is 23.7. The molecule has 120 valence electrons. The van der Waals surface area contributed by atoms with E-state index in [1.165, 1.54) is 5.56 Å². The molecule has 5 heteroatoms. The van der Waals surface area contributed by atoms with E-state index in [1.54, 1.807) is 0 Å². The maximum atomic E-state index is 12.0. The molecule has 4 rings (SSSR count). The van der Waals surface area contributed by atoms with Crippen LogP contribution in [0.3, 0.4) is 0 Å². The van der Waals surface area contributed by atoms with Crippen molar-refractivity contribution in [3.05, 3.63) is 29.3 Å². The van der Waals surface area contributed by atoms with Crippen LogP contribution >= 0.6 is 0 Å². The van der Waals surface area contributed by atoms with E-state index < -0.39 is 0 Å². The molecule has 0 aromatic heterocycles. The van der Waals surface area contributed by atoms with Crippen molar-refractivity contribution in [1.82, 2.24) is 5.43 Å². The first-order valence-electron chi connectivity index (χ1n) is 8.49. The maximum Gasteiger partial charge on any atom is 0.243 e. The SMILES string of the molecule is CCC1CC(=O)Nc2ccc(C3=NNC(=O)C4CCCC34)cc21. The number of hydrazone groups is 1. The molecule has 0 bridgehead atoms. The molecular formula is C18H21N3O2. The number of carbonyl (C=O) groups is 2. The highest BCUT2D eigenvalue weighted by Crippen LogP contribution is 2.39. The fourth-order valence-electron chi connectivity index (χ4n) is 4.23. The summed E-state index contributed by atoms with van der Waals surface area (Å²) in [6, 6.07) is 6.16. The molecule has 23 heavy (non-hydrogen) atoms. The molecule has 5 nitrogen and oxygen atoms in total. The minimum atomic E-state index is 0.0629. The van der Waals surface area contributed by atoms with Gasteiger partial charge < -0.3 is 5.32 Å². The summed E-state index contributed by atoms with van der Waals surface area (Å²) in [7, 11) is 0.